The van der Waals surface area contributed by atoms with Crippen molar-refractivity contribution in [1.82, 2.24) is 10.3 Å². The third-order valence-corrected chi connectivity index (χ3v) is 4.35. The van der Waals surface area contributed by atoms with Crippen LogP contribution in [0.25, 0.3) is 10.9 Å². The zero-order chi connectivity index (χ0) is 15.7. The zero-order valence-electron chi connectivity index (χ0n) is 11.6. The van der Waals surface area contributed by atoms with Crippen LogP contribution in [0.5, 0.6) is 0 Å². The molecule has 0 aliphatic rings. The number of hydrogen-bond donors (Lipinski definition) is 3. The second kappa shape index (κ2) is 6.39. The van der Waals surface area contributed by atoms with Gasteiger partial charge in [-0.3, -0.25) is 0 Å². The molecule has 2 aromatic carbocycles. The van der Waals surface area contributed by atoms with E-state index in [0.717, 1.165) is 27.1 Å². The van der Waals surface area contributed by atoms with Crippen LogP contribution < -0.4 is 11.1 Å². The number of benzene rings is 2. The number of aromatic nitrogens is 1. The van der Waals surface area contributed by atoms with Gasteiger partial charge in [0.1, 0.15) is 0 Å². The third-order valence-electron chi connectivity index (χ3n) is 3.52. The average Bonchev–Trinajstić information content (AvgIpc) is 2.87. The van der Waals surface area contributed by atoms with Gasteiger partial charge >= 0.3 is 0 Å². The Morgan fingerprint density at radius 3 is 2.64 bits per heavy atom. The van der Waals surface area contributed by atoms with Gasteiger partial charge < -0.3 is 16.0 Å². The Balaban J connectivity index is 1.78. The molecule has 3 rings (SSSR count). The summed E-state index contributed by atoms with van der Waals surface area (Å²) in [4.78, 5) is 3.07. The molecular weight excluding hydrogens is 341 g/mol. The lowest BCUT2D eigenvalue weighted by atomic mass is 10.1. The molecule has 3 nitrogen and oxygen atoms in total. The first-order valence-electron chi connectivity index (χ1n) is 6.75. The van der Waals surface area contributed by atoms with Crippen molar-refractivity contribution in [3.8, 4) is 0 Å². The lowest BCUT2D eigenvalue weighted by Gasteiger charge is -2.10. The van der Waals surface area contributed by atoms with Gasteiger partial charge in [0.05, 0.1) is 21.2 Å². The van der Waals surface area contributed by atoms with Gasteiger partial charge in [0.2, 0.25) is 0 Å². The fourth-order valence-electron chi connectivity index (χ4n) is 2.44. The Morgan fingerprint density at radius 2 is 1.86 bits per heavy atom. The van der Waals surface area contributed by atoms with Crippen LogP contribution in [0.1, 0.15) is 11.1 Å². The lowest BCUT2D eigenvalue weighted by molar-refractivity contribution is 0.695. The van der Waals surface area contributed by atoms with Crippen LogP contribution in [0.3, 0.4) is 0 Å². The molecule has 0 aliphatic heterocycles. The van der Waals surface area contributed by atoms with Crippen molar-refractivity contribution >= 4 is 51.4 Å². The summed E-state index contributed by atoms with van der Waals surface area (Å²) in [5.74, 6) is 0. The zero-order valence-corrected chi connectivity index (χ0v) is 13.9. The van der Waals surface area contributed by atoms with E-state index in [1.54, 1.807) is 6.20 Å². The smallest absolute Gasteiger partial charge is 0.0721 e. The number of nitrogens with two attached hydrogens (primary N) is 1. The molecule has 0 saturated heterocycles. The van der Waals surface area contributed by atoms with Crippen molar-refractivity contribution in [1.29, 1.82) is 0 Å². The number of halogens is 3. The van der Waals surface area contributed by atoms with Crippen molar-refractivity contribution < 1.29 is 0 Å². The van der Waals surface area contributed by atoms with E-state index in [4.69, 9.17) is 40.5 Å². The first-order valence-corrected chi connectivity index (χ1v) is 7.88. The highest BCUT2D eigenvalue weighted by molar-refractivity contribution is 6.42. The Morgan fingerprint density at radius 1 is 1.05 bits per heavy atom. The summed E-state index contributed by atoms with van der Waals surface area (Å²) in [6, 6.07) is 9.58. The molecule has 22 heavy (non-hydrogen) atoms. The van der Waals surface area contributed by atoms with Crippen LogP contribution in [0.15, 0.2) is 36.5 Å². The maximum absolute atomic E-state index is 6.29. The number of rotatable bonds is 4. The molecule has 0 atom stereocenters. The highest BCUT2D eigenvalue weighted by Crippen LogP contribution is 2.35. The molecular formula is C16H14Cl3N3. The SMILES string of the molecule is Nc1c(CNCc2cccc(Cl)c2)cc(Cl)c2c(Cl)c[nH]c12. The van der Waals surface area contributed by atoms with Crippen molar-refractivity contribution in [3.63, 3.8) is 0 Å². The topological polar surface area (TPSA) is 53.8 Å². The summed E-state index contributed by atoms with van der Waals surface area (Å²) >= 11 is 18.4. The van der Waals surface area contributed by atoms with Crippen LogP contribution >= 0.6 is 34.8 Å². The predicted octanol–water partition coefficient (Wildman–Crippen LogP) is 5.00. The van der Waals surface area contributed by atoms with Crippen LogP contribution in [-0.2, 0) is 13.1 Å². The fourth-order valence-corrected chi connectivity index (χ4v) is 3.28. The molecule has 0 bridgehead atoms. The van der Waals surface area contributed by atoms with Gasteiger partial charge in [0, 0.05) is 29.7 Å². The summed E-state index contributed by atoms with van der Waals surface area (Å²) < 4.78 is 0. The molecule has 4 N–H and O–H groups in total. The minimum absolute atomic E-state index is 0.574. The monoisotopic (exact) mass is 353 g/mol. The molecule has 6 heteroatoms. The van der Waals surface area contributed by atoms with E-state index in [-0.39, 0.29) is 0 Å². The maximum Gasteiger partial charge on any atom is 0.0721 e. The standard InChI is InChI=1S/C16H14Cl3N3/c17-11-3-1-2-9(4-11)6-21-7-10-5-12(18)14-13(19)8-22-16(14)15(10)20/h1-5,8,21-22H,6-7,20H2. The summed E-state index contributed by atoms with van der Waals surface area (Å²) in [5.41, 5.74) is 9.67. The predicted molar refractivity (Wildman–Crippen MR) is 94.7 cm³/mol. The summed E-state index contributed by atoms with van der Waals surface area (Å²) in [5, 5.41) is 6.00. The average molecular weight is 355 g/mol. The van der Waals surface area contributed by atoms with Gasteiger partial charge in [0.25, 0.3) is 0 Å². The van der Waals surface area contributed by atoms with Gasteiger partial charge in [-0.25, -0.2) is 0 Å². The van der Waals surface area contributed by atoms with Crippen molar-refractivity contribution in [2.24, 2.45) is 0 Å². The number of fused-ring (bicyclic) bond motifs is 1. The number of nitrogens with one attached hydrogen (secondary N) is 2. The number of H-pyrrole nitrogens is 1. The number of nitrogen functional groups attached to an aromatic ring is 1. The quantitative estimate of drug-likeness (QED) is 0.577. The van der Waals surface area contributed by atoms with Gasteiger partial charge in [-0.05, 0) is 29.3 Å². The lowest BCUT2D eigenvalue weighted by Crippen LogP contribution is -2.14. The minimum atomic E-state index is 0.574. The largest absolute Gasteiger partial charge is 0.397 e. The molecule has 114 valence electrons. The normalized spacial score (nSPS) is 11.2. The highest BCUT2D eigenvalue weighted by Gasteiger charge is 2.13. The second-order valence-corrected chi connectivity index (χ2v) is 6.30. The van der Waals surface area contributed by atoms with Crippen molar-refractivity contribution in [2.75, 3.05) is 5.73 Å². The molecule has 0 aliphatic carbocycles. The third kappa shape index (κ3) is 3.03. The van der Waals surface area contributed by atoms with Crippen LogP contribution in [0.2, 0.25) is 15.1 Å². The maximum atomic E-state index is 6.29. The molecule has 1 heterocycles. The van der Waals surface area contributed by atoms with E-state index in [9.17, 15) is 0 Å². The van der Waals surface area contributed by atoms with E-state index in [0.29, 0.717) is 28.8 Å². The van der Waals surface area contributed by atoms with Crippen LogP contribution in [0, 0.1) is 0 Å². The van der Waals surface area contributed by atoms with Crippen molar-refractivity contribution in [2.45, 2.75) is 13.1 Å². The minimum Gasteiger partial charge on any atom is -0.397 e. The van der Waals surface area contributed by atoms with E-state index < -0.39 is 0 Å². The number of aromatic amines is 1. The molecule has 0 spiro atoms. The molecule has 1 aromatic heterocycles. The number of anilines is 1. The van der Waals surface area contributed by atoms with Gasteiger partial charge in [0.15, 0.2) is 0 Å². The Labute approximate surface area is 143 Å². The van der Waals surface area contributed by atoms with E-state index in [1.165, 1.54) is 0 Å². The highest BCUT2D eigenvalue weighted by atomic mass is 35.5. The summed E-state index contributed by atoms with van der Waals surface area (Å²) in [6.45, 7) is 1.30. The molecule has 0 amide bonds. The second-order valence-electron chi connectivity index (χ2n) is 5.05. The fraction of sp³-hybridized carbons (Fsp3) is 0.125. The van der Waals surface area contributed by atoms with Gasteiger partial charge in [-0.2, -0.15) is 0 Å². The Hall–Kier alpha value is -1.39. The van der Waals surface area contributed by atoms with Crippen LogP contribution in [-0.4, -0.2) is 4.98 Å². The van der Waals surface area contributed by atoms with E-state index in [1.807, 2.05) is 30.3 Å². The molecule has 0 radical (unpaired) electrons. The molecule has 0 saturated carbocycles. The van der Waals surface area contributed by atoms with Crippen LogP contribution in [0.4, 0.5) is 5.69 Å². The summed E-state index contributed by atoms with van der Waals surface area (Å²) in [7, 11) is 0. The first kappa shape index (κ1) is 15.5. The first-order chi connectivity index (χ1) is 10.6. The molecule has 0 unspecified atom stereocenters. The number of hydrogen-bond acceptors (Lipinski definition) is 2. The molecule has 0 fully saturated rings. The van der Waals surface area contributed by atoms with Gasteiger partial charge in [-0.15, -0.1) is 0 Å². The molecule has 3 aromatic rings. The Kier molecular flexibility index (Phi) is 4.50. The van der Waals surface area contributed by atoms with E-state index in [2.05, 4.69) is 10.3 Å². The van der Waals surface area contributed by atoms with E-state index >= 15 is 0 Å². The van der Waals surface area contributed by atoms with Gasteiger partial charge in [-0.1, -0.05) is 46.9 Å². The summed E-state index contributed by atoms with van der Waals surface area (Å²) in [6.07, 6.45) is 1.69. The van der Waals surface area contributed by atoms with Crippen molar-refractivity contribution in [3.05, 3.63) is 62.7 Å². The Bertz CT molecular complexity index is 827.